The number of benzene rings is 1. The molecule has 2 unspecified atom stereocenters. The molecule has 0 aliphatic carbocycles. The van der Waals surface area contributed by atoms with Gasteiger partial charge in [0.1, 0.15) is 0 Å². The third kappa shape index (κ3) is 4.98. The molecule has 18 heavy (non-hydrogen) atoms. The molecule has 100 valence electrons. The van der Waals surface area contributed by atoms with E-state index in [0.29, 0.717) is 5.69 Å². The van der Waals surface area contributed by atoms with Crippen molar-refractivity contribution >= 4 is 23.5 Å². The Bertz CT molecular complexity index is 396. The van der Waals surface area contributed by atoms with Gasteiger partial charge in [-0.3, -0.25) is 0 Å². The Morgan fingerprint density at radius 3 is 2.78 bits per heavy atom. The van der Waals surface area contributed by atoms with Crippen LogP contribution in [-0.4, -0.2) is 29.2 Å². The standard InChI is InChI=1S/C13H20N2O2S/c1-9(8-18-3)14-13(17)15-12-6-4-5-11(7-12)10(2)16/h4-7,9-10,16H,8H2,1-3H3,(H2,14,15,17). The number of carbonyl (C=O) groups is 1. The van der Waals surface area contributed by atoms with Crippen LogP contribution in [-0.2, 0) is 0 Å². The second-order valence-electron chi connectivity index (χ2n) is 4.26. The predicted octanol–water partition coefficient (Wildman–Crippen LogP) is 2.61. The van der Waals surface area contributed by atoms with E-state index in [1.807, 2.05) is 25.3 Å². The third-order valence-electron chi connectivity index (χ3n) is 2.42. The number of anilines is 1. The lowest BCUT2D eigenvalue weighted by atomic mass is 10.1. The van der Waals surface area contributed by atoms with E-state index < -0.39 is 6.10 Å². The summed E-state index contributed by atoms with van der Waals surface area (Å²) in [4.78, 5) is 11.7. The molecule has 1 aromatic carbocycles. The van der Waals surface area contributed by atoms with Crippen molar-refractivity contribution in [3.63, 3.8) is 0 Å². The summed E-state index contributed by atoms with van der Waals surface area (Å²) in [5.74, 6) is 0.876. The molecule has 5 heteroatoms. The van der Waals surface area contributed by atoms with Crippen molar-refractivity contribution < 1.29 is 9.90 Å². The van der Waals surface area contributed by atoms with Crippen molar-refractivity contribution in [2.75, 3.05) is 17.3 Å². The summed E-state index contributed by atoms with van der Waals surface area (Å²) < 4.78 is 0. The fraction of sp³-hybridized carbons (Fsp3) is 0.462. The Morgan fingerprint density at radius 2 is 2.17 bits per heavy atom. The van der Waals surface area contributed by atoms with Crippen LogP contribution in [0.2, 0.25) is 0 Å². The summed E-state index contributed by atoms with van der Waals surface area (Å²) >= 11 is 1.69. The zero-order chi connectivity index (χ0) is 13.5. The van der Waals surface area contributed by atoms with E-state index >= 15 is 0 Å². The maximum absolute atomic E-state index is 11.7. The second-order valence-corrected chi connectivity index (χ2v) is 5.17. The molecule has 0 aliphatic rings. The summed E-state index contributed by atoms with van der Waals surface area (Å²) in [6.07, 6.45) is 1.47. The highest BCUT2D eigenvalue weighted by Crippen LogP contribution is 2.16. The number of hydrogen-bond donors (Lipinski definition) is 3. The normalized spacial score (nSPS) is 13.8. The van der Waals surface area contributed by atoms with E-state index in [2.05, 4.69) is 10.6 Å². The van der Waals surface area contributed by atoms with Gasteiger partial charge in [-0.2, -0.15) is 11.8 Å². The molecule has 0 aliphatic heterocycles. The van der Waals surface area contributed by atoms with Crippen LogP contribution < -0.4 is 10.6 Å². The number of aliphatic hydroxyl groups excluding tert-OH is 1. The minimum atomic E-state index is -0.537. The van der Waals surface area contributed by atoms with E-state index in [1.165, 1.54) is 0 Å². The Hall–Kier alpha value is -1.20. The number of thioether (sulfide) groups is 1. The highest BCUT2D eigenvalue weighted by Gasteiger charge is 2.07. The van der Waals surface area contributed by atoms with E-state index in [1.54, 1.807) is 30.8 Å². The first-order chi connectivity index (χ1) is 8.52. The van der Waals surface area contributed by atoms with Crippen LogP contribution in [0.3, 0.4) is 0 Å². The molecule has 4 nitrogen and oxygen atoms in total. The summed E-state index contributed by atoms with van der Waals surface area (Å²) in [6, 6.07) is 7.10. The van der Waals surface area contributed by atoms with Crippen molar-refractivity contribution in [2.24, 2.45) is 0 Å². The van der Waals surface area contributed by atoms with Crippen molar-refractivity contribution in [2.45, 2.75) is 26.0 Å². The minimum Gasteiger partial charge on any atom is -0.389 e. The van der Waals surface area contributed by atoms with Gasteiger partial charge in [-0.05, 0) is 37.8 Å². The second kappa shape index (κ2) is 7.28. The van der Waals surface area contributed by atoms with Gasteiger partial charge in [-0.15, -0.1) is 0 Å². The Morgan fingerprint density at radius 1 is 1.44 bits per heavy atom. The van der Waals surface area contributed by atoms with Crippen LogP contribution >= 0.6 is 11.8 Å². The molecule has 0 aromatic heterocycles. The molecule has 0 saturated heterocycles. The van der Waals surface area contributed by atoms with E-state index in [0.717, 1.165) is 11.3 Å². The molecule has 1 rings (SSSR count). The topological polar surface area (TPSA) is 61.4 Å². The maximum Gasteiger partial charge on any atom is 0.319 e. The minimum absolute atomic E-state index is 0.125. The van der Waals surface area contributed by atoms with Crippen molar-refractivity contribution in [1.29, 1.82) is 0 Å². The Balaban J connectivity index is 2.56. The monoisotopic (exact) mass is 268 g/mol. The van der Waals surface area contributed by atoms with Crippen molar-refractivity contribution in [3.05, 3.63) is 29.8 Å². The molecule has 0 bridgehead atoms. The first kappa shape index (κ1) is 14.9. The zero-order valence-corrected chi connectivity index (χ0v) is 11.8. The van der Waals surface area contributed by atoms with Gasteiger partial charge in [0, 0.05) is 17.5 Å². The molecule has 0 saturated carbocycles. The van der Waals surface area contributed by atoms with Crippen LogP contribution in [0, 0.1) is 0 Å². The number of aliphatic hydroxyl groups is 1. The summed E-state index contributed by atoms with van der Waals surface area (Å²) in [5.41, 5.74) is 1.47. The Kier molecular flexibility index (Phi) is 6.01. The largest absolute Gasteiger partial charge is 0.389 e. The number of amides is 2. The van der Waals surface area contributed by atoms with Gasteiger partial charge < -0.3 is 15.7 Å². The molecule has 0 spiro atoms. The quantitative estimate of drug-likeness (QED) is 0.769. The SMILES string of the molecule is CSCC(C)NC(=O)Nc1cccc(C(C)O)c1. The molecule has 2 atom stereocenters. The Labute approximate surface area is 112 Å². The van der Waals surface area contributed by atoms with Gasteiger partial charge in [-0.1, -0.05) is 12.1 Å². The molecule has 3 N–H and O–H groups in total. The molecule has 0 fully saturated rings. The van der Waals surface area contributed by atoms with Crippen LogP contribution in [0.5, 0.6) is 0 Å². The fourth-order valence-electron chi connectivity index (χ4n) is 1.56. The molecule has 2 amide bonds. The first-order valence-corrected chi connectivity index (χ1v) is 7.26. The number of rotatable bonds is 5. The third-order valence-corrected chi connectivity index (χ3v) is 3.25. The number of hydrogen-bond acceptors (Lipinski definition) is 3. The van der Waals surface area contributed by atoms with Gasteiger partial charge in [0.2, 0.25) is 0 Å². The van der Waals surface area contributed by atoms with E-state index in [9.17, 15) is 9.90 Å². The first-order valence-electron chi connectivity index (χ1n) is 5.87. The van der Waals surface area contributed by atoms with E-state index in [4.69, 9.17) is 0 Å². The summed E-state index contributed by atoms with van der Waals surface area (Å²) in [7, 11) is 0. The van der Waals surface area contributed by atoms with Gasteiger partial charge in [0.15, 0.2) is 0 Å². The summed E-state index contributed by atoms with van der Waals surface area (Å²) in [6.45, 7) is 3.65. The zero-order valence-electron chi connectivity index (χ0n) is 10.9. The lowest BCUT2D eigenvalue weighted by Crippen LogP contribution is -2.37. The lowest BCUT2D eigenvalue weighted by molar-refractivity contribution is 0.199. The average Bonchev–Trinajstić information content (AvgIpc) is 2.29. The van der Waals surface area contributed by atoms with Gasteiger partial charge in [-0.25, -0.2) is 4.79 Å². The van der Waals surface area contributed by atoms with Crippen LogP contribution in [0.15, 0.2) is 24.3 Å². The number of nitrogens with one attached hydrogen (secondary N) is 2. The molecule has 1 aromatic rings. The summed E-state index contributed by atoms with van der Waals surface area (Å²) in [5, 5.41) is 15.1. The maximum atomic E-state index is 11.7. The molecular weight excluding hydrogens is 248 g/mol. The molecule has 0 radical (unpaired) electrons. The van der Waals surface area contributed by atoms with Crippen LogP contribution in [0.25, 0.3) is 0 Å². The smallest absolute Gasteiger partial charge is 0.319 e. The van der Waals surface area contributed by atoms with Crippen LogP contribution in [0.4, 0.5) is 10.5 Å². The molecular formula is C13H20N2O2S. The fourth-order valence-corrected chi connectivity index (χ4v) is 2.14. The van der Waals surface area contributed by atoms with Crippen molar-refractivity contribution in [1.82, 2.24) is 5.32 Å². The van der Waals surface area contributed by atoms with Gasteiger partial charge in [0.05, 0.1) is 6.10 Å². The van der Waals surface area contributed by atoms with Crippen LogP contribution in [0.1, 0.15) is 25.5 Å². The average molecular weight is 268 g/mol. The van der Waals surface area contributed by atoms with Crippen molar-refractivity contribution in [3.8, 4) is 0 Å². The number of carbonyl (C=O) groups excluding carboxylic acids is 1. The lowest BCUT2D eigenvalue weighted by Gasteiger charge is -2.14. The van der Waals surface area contributed by atoms with E-state index in [-0.39, 0.29) is 12.1 Å². The van der Waals surface area contributed by atoms with Gasteiger partial charge >= 0.3 is 6.03 Å². The predicted molar refractivity (Wildman–Crippen MR) is 77.1 cm³/mol. The highest BCUT2D eigenvalue weighted by atomic mass is 32.2. The number of urea groups is 1. The van der Waals surface area contributed by atoms with Gasteiger partial charge in [0.25, 0.3) is 0 Å². The molecule has 0 heterocycles. The highest BCUT2D eigenvalue weighted by molar-refractivity contribution is 7.98.